The predicted octanol–water partition coefficient (Wildman–Crippen LogP) is 5.88. The van der Waals surface area contributed by atoms with E-state index in [1.54, 1.807) is 18.2 Å². The molecule has 0 saturated heterocycles. The summed E-state index contributed by atoms with van der Waals surface area (Å²) >= 11 is 27.2. The van der Waals surface area contributed by atoms with Crippen molar-refractivity contribution in [2.75, 3.05) is 5.73 Å². The average Bonchev–Trinajstić information content (AvgIpc) is 2.39. The molecule has 0 aromatic heterocycles. The monoisotopic (exact) mass is 411 g/mol. The zero-order chi connectivity index (χ0) is 15.0. The Morgan fingerprint density at radius 2 is 1.70 bits per heavy atom. The smallest absolute Gasteiger partial charge is 0.197 e. The number of halogens is 5. The summed E-state index contributed by atoms with van der Waals surface area (Å²) in [5.74, 6) is -0.391. The number of nitrogens with two attached hydrogens (primary N) is 1. The quantitative estimate of drug-likeness (QED) is 0.289. The molecule has 2 aromatic carbocycles. The molecule has 0 aliphatic carbocycles. The number of carbonyl (C=O) groups is 1. The highest BCUT2D eigenvalue weighted by atomic mass is 79.9. The molecule has 0 bridgehead atoms. The molecule has 0 saturated carbocycles. The van der Waals surface area contributed by atoms with E-state index in [2.05, 4.69) is 15.9 Å². The first kappa shape index (κ1) is 15.9. The largest absolute Gasteiger partial charge is 0.398 e. The Morgan fingerprint density at radius 1 is 1.05 bits per heavy atom. The van der Waals surface area contributed by atoms with Crippen molar-refractivity contribution in [1.29, 1.82) is 0 Å². The molecule has 0 aliphatic heterocycles. The number of anilines is 1. The molecule has 0 unspecified atom stereocenters. The lowest BCUT2D eigenvalue weighted by molar-refractivity contribution is 0.103. The third-order valence-corrected chi connectivity index (χ3v) is 5.06. The van der Waals surface area contributed by atoms with Crippen molar-refractivity contribution in [3.63, 3.8) is 0 Å². The third-order valence-electron chi connectivity index (χ3n) is 2.61. The van der Waals surface area contributed by atoms with Crippen molar-refractivity contribution in [1.82, 2.24) is 0 Å². The van der Waals surface area contributed by atoms with Gasteiger partial charge in [0.1, 0.15) is 0 Å². The van der Waals surface area contributed by atoms with E-state index in [1.165, 1.54) is 6.07 Å². The summed E-state index contributed by atoms with van der Waals surface area (Å²) in [6, 6.07) is 6.31. The number of ketones is 1. The van der Waals surface area contributed by atoms with Crippen LogP contribution in [0, 0.1) is 0 Å². The van der Waals surface area contributed by atoms with Gasteiger partial charge in [0, 0.05) is 11.3 Å². The summed E-state index contributed by atoms with van der Waals surface area (Å²) in [4.78, 5) is 12.6. The van der Waals surface area contributed by atoms with Crippen molar-refractivity contribution in [3.8, 4) is 0 Å². The van der Waals surface area contributed by atoms with Crippen LogP contribution in [0.4, 0.5) is 5.69 Å². The first-order chi connectivity index (χ1) is 9.34. The topological polar surface area (TPSA) is 43.1 Å². The number of carbonyl (C=O) groups excluding carboxylic acids is 1. The van der Waals surface area contributed by atoms with Gasteiger partial charge < -0.3 is 5.73 Å². The van der Waals surface area contributed by atoms with E-state index >= 15 is 0 Å². The molecule has 20 heavy (non-hydrogen) atoms. The predicted molar refractivity (Wildman–Crippen MR) is 88.5 cm³/mol. The van der Waals surface area contributed by atoms with E-state index in [1.807, 2.05) is 0 Å². The van der Waals surface area contributed by atoms with Gasteiger partial charge in [0.05, 0.1) is 30.1 Å². The van der Waals surface area contributed by atoms with E-state index in [9.17, 15) is 4.79 Å². The minimum absolute atomic E-state index is 0.0171. The van der Waals surface area contributed by atoms with Crippen LogP contribution in [-0.4, -0.2) is 5.78 Å². The van der Waals surface area contributed by atoms with Gasteiger partial charge >= 0.3 is 0 Å². The molecule has 2 aromatic rings. The van der Waals surface area contributed by atoms with E-state index in [4.69, 9.17) is 52.1 Å². The highest BCUT2D eigenvalue weighted by Crippen LogP contribution is 2.39. The Hall–Kier alpha value is -0.450. The maximum Gasteiger partial charge on any atom is 0.197 e. The van der Waals surface area contributed by atoms with Gasteiger partial charge in [-0.2, -0.15) is 0 Å². The summed E-state index contributed by atoms with van der Waals surface area (Å²) < 4.78 is 0.475. The fourth-order valence-corrected chi connectivity index (χ4v) is 3.16. The van der Waals surface area contributed by atoms with Crippen molar-refractivity contribution in [2.24, 2.45) is 0 Å². The average molecular weight is 414 g/mol. The van der Waals surface area contributed by atoms with Crippen molar-refractivity contribution in [2.45, 2.75) is 0 Å². The van der Waals surface area contributed by atoms with Crippen LogP contribution in [0.15, 0.2) is 28.7 Å². The molecule has 2 N–H and O–H groups in total. The minimum Gasteiger partial charge on any atom is -0.398 e. The lowest BCUT2D eigenvalue weighted by Gasteiger charge is -2.11. The molecule has 2 rings (SSSR count). The Morgan fingerprint density at radius 3 is 2.35 bits per heavy atom. The van der Waals surface area contributed by atoms with E-state index < -0.39 is 5.78 Å². The van der Waals surface area contributed by atoms with E-state index in [-0.39, 0.29) is 25.7 Å². The van der Waals surface area contributed by atoms with Gasteiger partial charge in [-0.1, -0.05) is 52.5 Å². The number of nitrogen functional groups attached to an aromatic ring is 1. The minimum atomic E-state index is -0.391. The Bertz CT molecular complexity index is 718. The molecule has 0 heterocycles. The normalized spacial score (nSPS) is 10.7. The summed E-state index contributed by atoms with van der Waals surface area (Å²) in [7, 11) is 0. The summed E-state index contributed by atoms with van der Waals surface area (Å²) in [6.07, 6.45) is 0. The fourth-order valence-electron chi connectivity index (χ4n) is 1.63. The van der Waals surface area contributed by atoms with Crippen LogP contribution in [0.5, 0.6) is 0 Å². The Labute approximate surface area is 143 Å². The number of benzene rings is 2. The van der Waals surface area contributed by atoms with Gasteiger partial charge in [-0.25, -0.2) is 0 Å². The summed E-state index contributed by atoms with van der Waals surface area (Å²) in [5.41, 5.74) is 6.62. The Balaban J connectivity index is 2.66. The SMILES string of the molecule is Nc1cccc(C(=O)c2c(Cl)cc(Cl)c(Cl)c2Cl)c1Br. The number of hydrogen-bond donors (Lipinski definition) is 1. The van der Waals surface area contributed by atoms with Crippen molar-refractivity contribution < 1.29 is 4.79 Å². The lowest BCUT2D eigenvalue weighted by Crippen LogP contribution is -2.06. The molecule has 0 spiro atoms. The Kier molecular flexibility index (Phi) is 4.88. The van der Waals surface area contributed by atoms with Crippen molar-refractivity contribution in [3.05, 3.63) is 60.0 Å². The van der Waals surface area contributed by atoms with Gasteiger partial charge in [-0.05, 0) is 34.1 Å². The van der Waals surface area contributed by atoms with Crippen LogP contribution in [0.25, 0.3) is 0 Å². The second kappa shape index (κ2) is 6.12. The fraction of sp³-hybridized carbons (Fsp3) is 0. The maximum absolute atomic E-state index is 12.6. The highest BCUT2D eigenvalue weighted by Gasteiger charge is 2.23. The maximum atomic E-state index is 12.6. The van der Waals surface area contributed by atoms with Crippen LogP contribution in [0.3, 0.4) is 0 Å². The zero-order valence-electron chi connectivity index (χ0n) is 9.68. The number of hydrogen-bond acceptors (Lipinski definition) is 2. The van der Waals surface area contributed by atoms with Crippen LogP contribution < -0.4 is 5.73 Å². The molecule has 104 valence electrons. The van der Waals surface area contributed by atoms with E-state index in [0.29, 0.717) is 15.7 Å². The van der Waals surface area contributed by atoms with Gasteiger partial charge in [-0.3, -0.25) is 4.79 Å². The van der Waals surface area contributed by atoms with E-state index in [0.717, 1.165) is 0 Å². The van der Waals surface area contributed by atoms with Crippen LogP contribution >= 0.6 is 62.3 Å². The standard InChI is InChI=1S/C13H6BrCl4NO/c14-10-5(2-1-3-8(10)19)13(20)9-6(15)4-7(16)11(17)12(9)18/h1-4H,19H2. The first-order valence-electron chi connectivity index (χ1n) is 5.26. The molecule has 2 nitrogen and oxygen atoms in total. The lowest BCUT2D eigenvalue weighted by atomic mass is 10.0. The third kappa shape index (κ3) is 2.78. The van der Waals surface area contributed by atoms with Crippen LogP contribution in [0.2, 0.25) is 20.1 Å². The van der Waals surface area contributed by atoms with Crippen LogP contribution in [0.1, 0.15) is 15.9 Å². The molecule has 0 atom stereocenters. The number of rotatable bonds is 2. The van der Waals surface area contributed by atoms with Gasteiger partial charge in [0.25, 0.3) is 0 Å². The first-order valence-corrected chi connectivity index (χ1v) is 7.56. The summed E-state index contributed by atoms with van der Waals surface area (Å²) in [6.45, 7) is 0. The molecule has 0 aliphatic rings. The van der Waals surface area contributed by atoms with Gasteiger partial charge in [-0.15, -0.1) is 0 Å². The second-order valence-electron chi connectivity index (χ2n) is 3.88. The highest BCUT2D eigenvalue weighted by molar-refractivity contribution is 9.10. The second-order valence-corrected chi connectivity index (χ2v) is 6.24. The summed E-state index contributed by atoms with van der Waals surface area (Å²) in [5, 5.41) is 0.415. The van der Waals surface area contributed by atoms with Crippen molar-refractivity contribution >= 4 is 73.8 Å². The molecule has 0 fully saturated rings. The van der Waals surface area contributed by atoms with Crippen LogP contribution in [-0.2, 0) is 0 Å². The molecule has 7 heteroatoms. The molecular formula is C13H6BrCl4NO. The molecule has 0 amide bonds. The molecular weight excluding hydrogens is 408 g/mol. The van der Waals surface area contributed by atoms with Gasteiger partial charge in [0.2, 0.25) is 0 Å². The zero-order valence-corrected chi connectivity index (χ0v) is 14.3. The van der Waals surface area contributed by atoms with Gasteiger partial charge in [0.15, 0.2) is 5.78 Å². The molecule has 0 radical (unpaired) electrons.